The maximum absolute atomic E-state index is 6.36. The first-order chi connectivity index (χ1) is 13.4. The number of unbranched alkanes of at least 4 members (excludes halogenated alkanes) is 13. The van der Waals surface area contributed by atoms with E-state index in [4.69, 9.17) is 16.5 Å². The summed E-state index contributed by atoms with van der Waals surface area (Å²) < 4.78 is 24.7. The van der Waals surface area contributed by atoms with Gasteiger partial charge in [-0.05, 0) is 32.2 Å². The number of hydrogen-bond acceptors (Lipinski definition) is 4. The molecule has 4 nitrogen and oxygen atoms in total. The van der Waals surface area contributed by atoms with Gasteiger partial charge in [0, 0.05) is 0 Å². The summed E-state index contributed by atoms with van der Waals surface area (Å²) in [7, 11) is -6.74. The summed E-state index contributed by atoms with van der Waals surface area (Å²) in [6.07, 6.45) is 19.6. The van der Waals surface area contributed by atoms with E-state index in [1.807, 2.05) is 0 Å². The van der Waals surface area contributed by atoms with Crippen LogP contribution in [-0.4, -0.2) is 36.4 Å². The van der Waals surface area contributed by atoms with Crippen LogP contribution in [0.25, 0.3) is 0 Å². The van der Waals surface area contributed by atoms with Crippen LogP contribution >= 0.6 is 0 Å². The van der Waals surface area contributed by atoms with Crippen molar-refractivity contribution in [3.8, 4) is 0 Å². The molecule has 2 atom stereocenters. The van der Waals surface area contributed by atoms with E-state index in [1.165, 1.54) is 89.9 Å². The first-order valence-electron chi connectivity index (χ1n) is 12.1. The Balaban J connectivity index is 1.98. The molecular weight excluding hydrogens is 417 g/mol. The molecule has 1 saturated heterocycles. The molecule has 0 aromatic rings. The van der Waals surface area contributed by atoms with Gasteiger partial charge in [-0.25, -0.2) is 0 Å². The molecule has 0 aromatic carbocycles. The first kappa shape index (κ1) is 26.7. The third kappa shape index (κ3) is 13.8. The molecule has 1 rings (SSSR count). The molecular formula is C20H48O4Si4. The Hall–Kier alpha value is 0.708. The zero-order chi connectivity index (χ0) is 20.7. The molecule has 1 aliphatic rings. The van der Waals surface area contributed by atoms with Crippen LogP contribution in [0.2, 0.25) is 32.2 Å². The molecule has 168 valence electrons. The first-order valence-corrected chi connectivity index (χ1v) is 20.9. The average Bonchev–Trinajstić information content (AvgIpc) is 2.60. The van der Waals surface area contributed by atoms with Crippen molar-refractivity contribution < 1.29 is 16.5 Å². The normalized spacial score (nSPS) is 28.8. The summed E-state index contributed by atoms with van der Waals surface area (Å²) in [5, 5.41) is 0. The van der Waals surface area contributed by atoms with Crippen LogP contribution in [0, 0.1) is 0 Å². The molecule has 1 aliphatic heterocycles. The minimum atomic E-state index is -2.08. The van der Waals surface area contributed by atoms with Gasteiger partial charge in [0.05, 0.1) is 0 Å². The van der Waals surface area contributed by atoms with E-state index < -0.39 is 36.4 Å². The van der Waals surface area contributed by atoms with Crippen LogP contribution in [-0.2, 0) is 16.5 Å². The monoisotopic (exact) mass is 464 g/mol. The molecule has 8 heteroatoms. The molecule has 0 aliphatic carbocycles. The number of hydrogen-bond donors (Lipinski definition) is 0. The molecule has 0 saturated carbocycles. The molecule has 28 heavy (non-hydrogen) atoms. The van der Waals surface area contributed by atoms with Gasteiger partial charge in [-0.2, -0.15) is 0 Å². The van der Waals surface area contributed by atoms with E-state index in [0.717, 1.165) is 6.04 Å². The van der Waals surface area contributed by atoms with E-state index in [-0.39, 0.29) is 0 Å². The quantitative estimate of drug-likeness (QED) is 0.214. The Bertz CT molecular complexity index is 362. The molecule has 0 aromatic heterocycles. The summed E-state index contributed by atoms with van der Waals surface area (Å²) >= 11 is 0. The van der Waals surface area contributed by atoms with E-state index >= 15 is 0 Å². The molecule has 0 bridgehead atoms. The van der Waals surface area contributed by atoms with E-state index in [9.17, 15) is 0 Å². The molecule has 0 radical (unpaired) electrons. The maximum Gasteiger partial charge on any atom is 0.316 e. The second kappa shape index (κ2) is 16.4. The van der Waals surface area contributed by atoms with Gasteiger partial charge in [0.15, 0.2) is 0 Å². The lowest BCUT2D eigenvalue weighted by molar-refractivity contribution is 0.273. The predicted molar refractivity (Wildman–Crippen MR) is 130 cm³/mol. The maximum atomic E-state index is 6.36. The van der Waals surface area contributed by atoms with Crippen molar-refractivity contribution in [3.05, 3.63) is 0 Å². The van der Waals surface area contributed by atoms with Crippen LogP contribution in [0.5, 0.6) is 0 Å². The van der Waals surface area contributed by atoms with Crippen molar-refractivity contribution in [2.75, 3.05) is 0 Å². The Morgan fingerprint density at radius 3 is 1.29 bits per heavy atom. The van der Waals surface area contributed by atoms with Crippen LogP contribution in [0.3, 0.4) is 0 Å². The third-order valence-electron chi connectivity index (χ3n) is 5.58. The Labute approximate surface area is 181 Å². The second-order valence-electron chi connectivity index (χ2n) is 8.69. The van der Waals surface area contributed by atoms with Crippen molar-refractivity contribution in [3.63, 3.8) is 0 Å². The highest BCUT2D eigenvalue weighted by atomic mass is 28.5. The molecule has 0 spiro atoms. The summed E-state index contributed by atoms with van der Waals surface area (Å²) in [5.41, 5.74) is 0. The Morgan fingerprint density at radius 1 is 0.536 bits per heavy atom. The Morgan fingerprint density at radius 2 is 0.893 bits per heavy atom. The van der Waals surface area contributed by atoms with Crippen molar-refractivity contribution in [2.24, 2.45) is 0 Å². The highest BCUT2D eigenvalue weighted by Gasteiger charge is 2.38. The van der Waals surface area contributed by atoms with Crippen molar-refractivity contribution >= 4 is 36.4 Å². The van der Waals surface area contributed by atoms with Crippen molar-refractivity contribution in [1.29, 1.82) is 0 Å². The lowest BCUT2D eigenvalue weighted by Gasteiger charge is -2.37. The summed E-state index contributed by atoms with van der Waals surface area (Å²) in [6, 6.07) is 1.10. The van der Waals surface area contributed by atoms with Gasteiger partial charge in [-0.3, -0.25) is 0 Å². The lowest BCUT2D eigenvalue weighted by Crippen LogP contribution is -2.52. The molecule has 0 N–H and O–H groups in total. The predicted octanol–water partition coefficient (Wildman–Crippen LogP) is 6.17. The summed E-state index contributed by atoms with van der Waals surface area (Å²) in [6.45, 7) is 10.9. The summed E-state index contributed by atoms with van der Waals surface area (Å²) in [5.74, 6) is 0. The van der Waals surface area contributed by atoms with E-state index in [0.29, 0.717) is 0 Å². The van der Waals surface area contributed by atoms with E-state index in [1.54, 1.807) is 0 Å². The SMILES string of the molecule is CCCCCCCCCCCCCCCC[Si]1(C)O[SiH](C)O[SiH](C)O[SiH](C)O1. The van der Waals surface area contributed by atoms with Crippen LogP contribution < -0.4 is 0 Å². The largest absolute Gasteiger partial charge is 0.420 e. The fraction of sp³-hybridized carbons (Fsp3) is 1.00. The van der Waals surface area contributed by atoms with Crippen LogP contribution in [0.15, 0.2) is 0 Å². The molecule has 0 amide bonds. The fourth-order valence-corrected chi connectivity index (χ4v) is 18.9. The van der Waals surface area contributed by atoms with Crippen LogP contribution in [0.4, 0.5) is 0 Å². The van der Waals surface area contributed by atoms with Gasteiger partial charge < -0.3 is 16.5 Å². The zero-order valence-corrected chi connectivity index (χ0v) is 23.9. The molecule has 1 fully saturated rings. The van der Waals surface area contributed by atoms with E-state index in [2.05, 4.69) is 33.1 Å². The van der Waals surface area contributed by atoms with Crippen LogP contribution in [0.1, 0.15) is 96.8 Å². The fourth-order valence-electron chi connectivity index (χ4n) is 4.12. The van der Waals surface area contributed by atoms with Gasteiger partial charge in [0.25, 0.3) is 27.9 Å². The van der Waals surface area contributed by atoms with Gasteiger partial charge in [0.1, 0.15) is 0 Å². The topological polar surface area (TPSA) is 36.9 Å². The summed E-state index contributed by atoms with van der Waals surface area (Å²) in [4.78, 5) is 0. The van der Waals surface area contributed by atoms with Crippen molar-refractivity contribution in [2.45, 2.75) is 129 Å². The third-order valence-corrected chi connectivity index (χ3v) is 19.6. The molecule has 1 heterocycles. The van der Waals surface area contributed by atoms with Gasteiger partial charge in [0.2, 0.25) is 0 Å². The highest BCUT2D eigenvalue weighted by Crippen LogP contribution is 2.23. The number of rotatable bonds is 15. The molecule has 2 unspecified atom stereocenters. The van der Waals surface area contributed by atoms with Gasteiger partial charge in [-0.1, -0.05) is 96.8 Å². The van der Waals surface area contributed by atoms with Crippen molar-refractivity contribution in [1.82, 2.24) is 0 Å². The second-order valence-corrected chi connectivity index (χ2v) is 18.9. The zero-order valence-electron chi connectivity index (χ0n) is 19.5. The highest BCUT2D eigenvalue weighted by molar-refractivity contribution is 6.81. The standard InChI is InChI=1S/C20H48O4Si4/c1-6-7-8-9-10-11-12-13-14-15-16-17-18-19-20-28(5)23-26(3)21-25(2)22-27(4)24-28/h25-27H,6-20H2,1-5H3. The minimum absolute atomic E-state index is 1.10. The van der Waals surface area contributed by atoms with Gasteiger partial charge in [-0.15, -0.1) is 0 Å². The average molecular weight is 465 g/mol. The van der Waals surface area contributed by atoms with Gasteiger partial charge >= 0.3 is 8.56 Å². The Kier molecular flexibility index (Phi) is 15.7. The smallest absolute Gasteiger partial charge is 0.316 e. The lowest BCUT2D eigenvalue weighted by atomic mass is 10.0. The minimum Gasteiger partial charge on any atom is -0.420 e.